The summed E-state index contributed by atoms with van der Waals surface area (Å²) in [5.41, 5.74) is 0.278. The van der Waals surface area contributed by atoms with Crippen LogP contribution in [-0.2, 0) is 15.1 Å². The Morgan fingerprint density at radius 2 is 2.00 bits per heavy atom. The minimum absolute atomic E-state index is 0.202. The van der Waals surface area contributed by atoms with Gasteiger partial charge in [-0.1, -0.05) is 12.1 Å². The van der Waals surface area contributed by atoms with E-state index in [0.29, 0.717) is 19.4 Å². The van der Waals surface area contributed by atoms with E-state index >= 15 is 0 Å². The number of carbonyl (C=O) groups is 1. The van der Waals surface area contributed by atoms with E-state index in [4.69, 9.17) is 4.74 Å². The maximum Gasteiger partial charge on any atom is 0.138 e. The molecule has 0 N–H and O–H groups in total. The highest BCUT2D eigenvalue weighted by Gasteiger charge is 2.33. The van der Waals surface area contributed by atoms with Crippen molar-refractivity contribution < 1.29 is 13.9 Å². The zero-order valence-corrected chi connectivity index (χ0v) is 8.63. The van der Waals surface area contributed by atoms with Crippen LogP contribution in [0.2, 0.25) is 0 Å². The third-order valence-electron chi connectivity index (χ3n) is 2.79. The van der Waals surface area contributed by atoms with E-state index in [2.05, 4.69) is 0 Å². The molecule has 2 nitrogen and oxygen atoms in total. The quantitative estimate of drug-likeness (QED) is 0.708. The number of ether oxygens (including phenoxy) is 1. The Morgan fingerprint density at radius 3 is 2.60 bits per heavy atom. The number of hydrogen-bond acceptors (Lipinski definition) is 2. The summed E-state index contributed by atoms with van der Waals surface area (Å²) in [6, 6.07) is 6.13. The van der Waals surface area contributed by atoms with Crippen molar-refractivity contribution >= 4 is 5.78 Å². The van der Waals surface area contributed by atoms with Crippen molar-refractivity contribution in [2.75, 3.05) is 6.61 Å². The van der Waals surface area contributed by atoms with Crippen molar-refractivity contribution in [3.8, 4) is 0 Å². The summed E-state index contributed by atoms with van der Waals surface area (Å²) in [4.78, 5) is 11.4. The lowest BCUT2D eigenvalue weighted by atomic mass is 9.88. The molecule has 0 saturated carbocycles. The first kappa shape index (κ1) is 10.3. The van der Waals surface area contributed by atoms with Gasteiger partial charge in [0.2, 0.25) is 0 Å². The molecule has 0 radical (unpaired) electrons. The molecule has 1 heterocycles. The molecule has 0 spiro atoms. The number of rotatable bonds is 1. The summed E-state index contributed by atoms with van der Waals surface area (Å²) in [6.07, 6.45) is 0.857. The van der Waals surface area contributed by atoms with E-state index in [1.807, 2.05) is 6.92 Å². The summed E-state index contributed by atoms with van der Waals surface area (Å²) < 4.78 is 18.4. The van der Waals surface area contributed by atoms with Crippen molar-refractivity contribution in [1.82, 2.24) is 0 Å². The van der Waals surface area contributed by atoms with Crippen molar-refractivity contribution in [2.24, 2.45) is 0 Å². The Hall–Kier alpha value is -1.22. The summed E-state index contributed by atoms with van der Waals surface area (Å²) in [5.74, 6) is -0.0717. The second-order valence-electron chi connectivity index (χ2n) is 4.05. The van der Waals surface area contributed by atoms with Crippen LogP contribution in [0.5, 0.6) is 0 Å². The molecule has 1 aliphatic rings. The molecular weight excluding hydrogens is 195 g/mol. The van der Waals surface area contributed by atoms with Gasteiger partial charge >= 0.3 is 0 Å². The van der Waals surface area contributed by atoms with Crippen LogP contribution in [0.15, 0.2) is 24.3 Å². The van der Waals surface area contributed by atoms with Crippen LogP contribution in [0.1, 0.15) is 25.3 Å². The van der Waals surface area contributed by atoms with E-state index < -0.39 is 5.60 Å². The van der Waals surface area contributed by atoms with Crippen LogP contribution in [0.25, 0.3) is 0 Å². The number of hydrogen-bond donors (Lipinski definition) is 0. The Kier molecular flexibility index (Phi) is 2.57. The van der Waals surface area contributed by atoms with Crippen molar-refractivity contribution in [1.29, 1.82) is 0 Å². The van der Waals surface area contributed by atoms with Crippen LogP contribution >= 0.6 is 0 Å². The van der Waals surface area contributed by atoms with Crippen LogP contribution in [0.3, 0.4) is 0 Å². The third-order valence-corrected chi connectivity index (χ3v) is 2.79. The number of benzene rings is 1. The minimum atomic E-state index is -0.580. The van der Waals surface area contributed by atoms with Gasteiger partial charge in [0.15, 0.2) is 0 Å². The normalized spacial score (nSPS) is 26.7. The highest BCUT2D eigenvalue weighted by Crippen LogP contribution is 2.32. The first-order chi connectivity index (χ1) is 7.10. The average Bonchev–Trinajstić information content (AvgIpc) is 2.18. The Morgan fingerprint density at radius 1 is 1.33 bits per heavy atom. The highest BCUT2D eigenvalue weighted by molar-refractivity contribution is 5.80. The average molecular weight is 208 g/mol. The van der Waals surface area contributed by atoms with Gasteiger partial charge in [-0.15, -0.1) is 0 Å². The first-order valence-electron chi connectivity index (χ1n) is 5.02. The lowest BCUT2D eigenvalue weighted by molar-refractivity contribution is -0.138. The highest BCUT2D eigenvalue weighted by atomic mass is 19.1. The van der Waals surface area contributed by atoms with Gasteiger partial charge in [-0.25, -0.2) is 4.39 Å². The summed E-state index contributed by atoms with van der Waals surface area (Å²) in [7, 11) is 0. The lowest BCUT2D eigenvalue weighted by Crippen LogP contribution is -2.34. The molecule has 2 rings (SSSR count). The second-order valence-corrected chi connectivity index (χ2v) is 4.05. The summed E-state index contributed by atoms with van der Waals surface area (Å²) in [5, 5.41) is 0. The van der Waals surface area contributed by atoms with Crippen molar-refractivity contribution in [3.05, 3.63) is 35.6 Å². The van der Waals surface area contributed by atoms with Gasteiger partial charge in [-0.2, -0.15) is 0 Å². The van der Waals surface area contributed by atoms with Crippen LogP contribution in [-0.4, -0.2) is 12.4 Å². The predicted molar refractivity (Wildman–Crippen MR) is 53.9 cm³/mol. The molecule has 1 aliphatic heterocycles. The maximum atomic E-state index is 12.7. The fourth-order valence-electron chi connectivity index (χ4n) is 1.89. The molecule has 3 heteroatoms. The van der Waals surface area contributed by atoms with Crippen LogP contribution in [0, 0.1) is 5.82 Å². The molecule has 15 heavy (non-hydrogen) atoms. The van der Waals surface area contributed by atoms with E-state index in [0.717, 1.165) is 5.56 Å². The van der Waals surface area contributed by atoms with Crippen LogP contribution < -0.4 is 0 Å². The van der Waals surface area contributed by atoms with E-state index in [1.54, 1.807) is 12.1 Å². The summed E-state index contributed by atoms with van der Waals surface area (Å²) >= 11 is 0. The monoisotopic (exact) mass is 208 g/mol. The molecule has 0 amide bonds. The second kappa shape index (κ2) is 3.74. The van der Waals surface area contributed by atoms with E-state index in [-0.39, 0.29) is 11.6 Å². The van der Waals surface area contributed by atoms with Gasteiger partial charge in [-0.3, -0.25) is 4.79 Å². The zero-order valence-electron chi connectivity index (χ0n) is 8.63. The standard InChI is InChI=1S/C12H13FO2/c1-12(8-11(14)6-7-15-12)9-2-4-10(13)5-3-9/h2-5H,6-8H2,1H3. The Labute approximate surface area is 88.1 Å². The van der Waals surface area contributed by atoms with Crippen molar-refractivity contribution in [2.45, 2.75) is 25.4 Å². The van der Waals surface area contributed by atoms with Gasteiger partial charge < -0.3 is 4.74 Å². The fourth-order valence-corrected chi connectivity index (χ4v) is 1.89. The Bertz CT molecular complexity index is 372. The number of carbonyl (C=O) groups excluding carboxylic acids is 1. The zero-order chi connectivity index (χ0) is 10.9. The number of ketones is 1. The van der Waals surface area contributed by atoms with Gasteiger partial charge in [0.1, 0.15) is 11.6 Å². The molecule has 1 unspecified atom stereocenters. The lowest BCUT2D eigenvalue weighted by Gasteiger charge is -2.33. The van der Waals surface area contributed by atoms with Gasteiger partial charge in [-0.05, 0) is 24.6 Å². The molecule has 0 aliphatic carbocycles. The van der Waals surface area contributed by atoms with Gasteiger partial charge in [0.05, 0.1) is 12.2 Å². The fraction of sp³-hybridized carbons (Fsp3) is 0.417. The van der Waals surface area contributed by atoms with Gasteiger partial charge in [0.25, 0.3) is 0 Å². The molecule has 1 saturated heterocycles. The molecule has 80 valence electrons. The molecule has 1 aromatic carbocycles. The molecule has 0 bridgehead atoms. The van der Waals surface area contributed by atoms with E-state index in [9.17, 15) is 9.18 Å². The number of halogens is 1. The molecule has 1 atom stereocenters. The summed E-state index contributed by atoms with van der Waals surface area (Å²) in [6.45, 7) is 2.32. The largest absolute Gasteiger partial charge is 0.370 e. The number of Topliss-reactive ketones (excluding diaryl/α,β-unsaturated/α-hetero) is 1. The minimum Gasteiger partial charge on any atom is -0.370 e. The molecular formula is C12H13FO2. The molecule has 1 fully saturated rings. The molecule has 0 aromatic heterocycles. The van der Waals surface area contributed by atoms with Crippen molar-refractivity contribution in [3.63, 3.8) is 0 Å². The smallest absolute Gasteiger partial charge is 0.138 e. The Balaban J connectivity index is 2.28. The SMILES string of the molecule is CC1(c2ccc(F)cc2)CC(=O)CCO1. The van der Waals surface area contributed by atoms with E-state index in [1.165, 1.54) is 12.1 Å². The third kappa shape index (κ3) is 2.07. The molecule has 1 aromatic rings. The topological polar surface area (TPSA) is 26.3 Å². The van der Waals surface area contributed by atoms with Gasteiger partial charge in [0, 0.05) is 12.8 Å². The maximum absolute atomic E-state index is 12.7. The first-order valence-corrected chi connectivity index (χ1v) is 5.02. The predicted octanol–water partition coefficient (Wildman–Crippen LogP) is 2.42. The van der Waals surface area contributed by atoms with Crippen LogP contribution in [0.4, 0.5) is 4.39 Å².